The Labute approximate surface area is 109 Å². The summed E-state index contributed by atoms with van der Waals surface area (Å²) in [5.74, 6) is 0.564. The molecule has 2 aliphatic rings. The molecule has 0 atom stereocenters. The highest BCUT2D eigenvalue weighted by molar-refractivity contribution is 5.99. The Bertz CT molecular complexity index is 570. The SMILES string of the molecule is COc1ccc2c(c1)N1NNC(CO)=C1CC(=O)N2. The number of amides is 1. The van der Waals surface area contributed by atoms with Crippen molar-refractivity contribution in [3.05, 3.63) is 29.6 Å². The molecule has 4 N–H and O–H groups in total. The summed E-state index contributed by atoms with van der Waals surface area (Å²) in [6, 6.07) is 5.38. The van der Waals surface area contributed by atoms with Crippen LogP contribution in [-0.4, -0.2) is 24.7 Å². The molecule has 0 bridgehead atoms. The number of methoxy groups -OCH3 is 1. The molecular formula is C12H14N4O3. The van der Waals surface area contributed by atoms with Crippen molar-refractivity contribution in [3.63, 3.8) is 0 Å². The second kappa shape index (κ2) is 4.45. The van der Waals surface area contributed by atoms with Gasteiger partial charge in [-0.15, -0.1) is 5.53 Å². The number of nitrogens with one attached hydrogen (secondary N) is 3. The summed E-state index contributed by atoms with van der Waals surface area (Å²) in [5, 5.41) is 13.9. The summed E-state index contributed by atoms with van der Waals surface area (Å²) in [4.78, 5) is 11.9. The number of fused-ring (bicyclic) bond motifs is 3. The zero-order valence-electron chi connectivity index (χ0n) is 10.4. The van der Waals surface area contributed by atoms with Crippen LogP contribution in [0.25, 0.3) is 0 Å². The van der Waals surface area contributed by atoms with E-state index in [1.54, 1.807) is 24.3 Å². The highest BCUT2D eigenvalue weighted by Crippen LogP contribution is 2.36. The summed E-state index contributed by atoms with van der Waals surface area (Å²) in [6.45, 7) is -0.161. The van der Waals surface area contributed by atoms with Crippen LogP contribution in [-0.2, 0) is 4.79 Å². The van der Waals surface area contributed by atoms with E-state index in [-0.39, 0.29) is 18.9 Å². The average molecular weight is 262 g/mol. The summed E-state index contributed by atoms with van der Waals surface area (Å²) in [6.07, 6.45) is 0.187. The molecule has 0 spiro atoms. The quantitative estimate of drug-likeness (QED) is 0.603. The third-order valence-corrected chi connectivity index (χ3v) is 3.14. The van der Waals surface area contributed by atoms with Gasteiger partial charge in [0.2, 0.25) is 5.91 Å². The fourth-order valence-electron chi connectivity index (χ4n) is 2.20. The molecule has 0 saturated heterocycles. The number of ether oxygens (including phenoxy) is 1. The zero-order valence-corrected chi connectivity index (χ0v) is 10.4. The van der Waals surface area contributed by atoms with E-state index < -0.39 is 0 Å². The van der Waals surface area contributed by atoms with Gasteiger partial charge in [-0.1, -0.05) is 0 Å². The molecule has 0 fully saturated rings. The summed E-state index contributed by atoms with van der Waals surface area (Å²) in [7, 11) is 1.59. The number of carbonyl (C=O) groups is 1. The fourth-order valence-corrected chi connectivity index (χ4v) is 2.20. The van der Waals surface area contributed by atoms with Crippen molar-refractivity contribution >= 4 is 17.3 Å². The Hall–Kier alpha value is -2.25. The Balaban J connectivity index is 2.12. The Morgan fingerprint density at radius 2 is 2.32 bits per heavy atom. The Kier molecular flexibility index (Phi) is 2.77. The van der Waals surface area contributed by atoms with Crippen molar-refractivity contribution in [1.29, 1.82) is 0 Å². The number of hydrogen-bond acceptors (Lipinski definition) is 6. The maximum atomic E-state index is 11.9. The van der Waals surface area contributed by atoms with Crippen LogP contribution in [0, 0.1) is 0 Å². The molecule has 7 heteroatoms. The number of anilines is 2. The molecule has 19 heavy (non-hydrogen) atoms. The average Bonchev–Trinajstić information content (AvgIpc) is 2.75. The van der Waals surface area contributed by atoms with E-state index in [9.17, 15) is 9.90 Å². The molecule has 2 aliphatic heterocycles. The molecule has 3 rings (SSSR count). The van der Waals surface area contributed by atoms with Crippen molar-refractivity contribution in [2.45, 2.75) is 6.42 Å². The molecule has 1 aromatic rings. The predicted molar refractivity (Wildman–Crippen MR) is 69.1 cm³/mol. The van der Waals surface area contributed by atoms with E-state index in [1.807, 2.05) is 6.07 Å². The third-order valence-electron chi connectivity index (χ3n) is 3.14. The number of aliphatic hydroxyl groups excluding tert-OH is 1. The first-order valence-electron chi connectivity index (χ1n) is 5.85. The van der Waals surface area contributed by atoms with Crippen LogP contribution in [0.4, 0.5) is 11.4 Å². The van der Waals surface area contributed by atoms with Crippen LogP contribution in [0.1, 0.15) is 6.42 Å². The van der Waals surface area contributed by atoms with Crippen molar-refractivity contribution in [3.8, 4) is 5.75 Å². The van der Waals surface area contributed by atoms with Gasteiger partial charge in [0.05, 0.1) is 42.9 Å². The van der Waals surface area contributed by atoms with Crippen molar-refractivity contribution in [1.82, 2.24) is 11.0 Å². The van der Waals surface area contributed by atoms with Gasteiger partial charge in [-0.2, -0.15) is 0 Å². The first-order valence-corrected chi connectivity index (χ1v) is 5.85. The lowest BCUT2D eigenvalue weighted by Gasteiger charge is -2.20. The van der Waals surface area contributed by atoms with E-state index in [0.717, 1.165) is 5.69 Å². The summed E-state index contributed by atoms with van der Waals surface area (Å²) in [5.41, 5.74) is 8.53. The zero-order chi connectivity index (χ0) is 13.4. The molecule has 0 aliphatic carbocycles. The second-order valence-electron chi connectivity index (χ2n) is 4.26. The first-order chi connectivity index (χ1) is 9.22. The van der Waals surface area contributed by atoms with Crippen LogP contribution in [0.5, 0.6) is 5.75 Å². The van der Waals surface area contributed by atoms with E-state index in [0.29, 0.717) is 22.8 Å². The maximum absolute atomic E-state index is 11.9. The predicted octanol–water partition coefficient (Wildman–Crippen LogP) is 0.0705. The van der Waals surface area contributed by atoms with E-state index >= 15 is 0 Å². The van der Waals surface area contributed by atoms with Gasteiger partial charge in [-0.3, -0.25) is 9.80 Å². The van der Waals surface area contributed by atoms with Gasteiger partial charge in [0, 0.05) is 6.07 Å². The van der Waals surface area contributed by atoms with Gasteiger partial charge in [-0.25, -0.2) is 0 Å². The van der Waals surface area contributed by atoms with Gasteiger partial charge in [0.1, 0.15) is 5.75 Å². The maximum Gasteiger partial charge on any atom is 0.230 e. The van der Waals surface area contributed by atoms with Crippen LogP contribution >= 0.6 is 0 Å². The second-order valence-corrected chi connectivity index (χ2v) is 4.26. The minimum absolute atomic E-state index is 0.125. The molecule has 100 valence electrons. The molecule has 1 amide bonds. The van der Waals surface area contributed by atoms with Gasteiger partial charge < -0.3 is 20.6 Å². The number of carbonyl (C=O) groups excluding carboxylic acids is 1. The molecule has 0 unspecified atom stereocenters. The van der Waals surface area contributed by atoms with E-state index in [1.165, 1.54) is 0 Å². The highest BCUT2D eigenvalue weighted by atomic mass is 16.5. The molecule has 2 heterocycles. The largest absolute Gasteiger partial charge is 0.497 e. The van der Waals surface area contributed by atoms with Crippen molar-refractivity contribution < 1.29 is 14.6 Å². The molecule has 7 nitrogen and oxygen atoms in total. The first kappa shape index (κ1) is 11.8. The molecule has 0 saturated carbocycles. The highest BCUT2D eigenvalue weighted by Gasteiger charge is 2.30. The van der Waals surface area contributed by atoms with Crippen molar-refractivity contribution in [2.24, 2.45) is 0 Å². The molecule has 0 aromatic heterocycles. The monoisotopic (exact) mass is 262 g/mol. The van der Waals surface area contributed by atoms with Crippen LogP contribution in [0.15, 0.2) is 29.6 Å². The lowest BCUT2D eigenvalue weighted by molar-refractivity contribution is -0.115. The molecule has 0 radical (unpaired) electrons. The lowest BCUT2D eigenvalue weighted by atomic mass is 10.2. The fraction of sp³-hybridized carbons (Fsp3) is 0.250. The Morgan fingerprint density at radius 3 is 3.05 bits per heavy atom. The number of aliphatic hydroxyl groups is 1. The molecule has 1 aromatic carbocycles. The minimum Gasteiger partial charge on any atom is -0.497 e. The smallest absolute Gasteiger partial charge is 0.230 e. The van der Waals surface area contributed by atoms with E-state index in [4.69, 9.17) is 4.74 Å². The number of rotatable bonds is 2. The molecular weight excluding hydrogens is 248 g/mol. The normalized spacial score (nSPS) is 17.4. The number of hydrogen-bond donors (Lipinski definition) is 4. The van der Waals surface area contributed by atoms with Gasteiger partial charge in [0.15, 0.2) is 0 Å². The number of benzene rings is 1. The van der Waals surface area contributed by atoms with Gasteiger partial charge in [-0.05, 0) is 12.1 Å². The summed E-state index contributed by atoms with van der Waals surface area (Å²) >= 11 is 0. The van der Waals surface area contributed by atoms with Crippen LogP contribution < -0.4 is 26.0 Å². The number of nitrogens with zero attached hydrogens (tertiary/aromatic N) is 1. The Morgan fingerprint density at radius 1 is 1.47 bits per heavy atom. The van der Waals surface area contributed by atoms with Crippen LogP contribution in [0.2, 0.25) is 0 Å². The third kappa shape index (κ3) is 1.88. The minimum atomic E-state index is -0.161. The van der Waals surface area contributed by atoms with Gasteiger partial charge in [0.25, 0.3) is 0 Å². The lowest BCUT2D eigenvalue weighted by Crippen LogP contribution is -2.38. The summed E-state index contributed by atoms with van der Waals surface area (Å²) < 4.78 is 5.20. The standard InChI is InChI=1S/C12H14N4O3/c1-19-7-2-3-8-10(4-7)16-11(5-12(18)13-8)9(6-17)14-15-16/h2-4,14-15,17H,5-6H2,1H3,(H,13,18). The van der Waals surface area contributed by atoms with Crippen molar-refractivity contribution in [2.75, 3.05) is 24.0 Å². The topological polar surface area (TPSA) is 85.9 Å². The van der Waals surface area contributed by atoms with Gasteiger partial charge >= 0.3 is 0 Å². The number of hydrazine groups is 2. The van der Waals surface area contributed by atoms with E-state index in [2.05, 4.69) is 16.3 Å². The van der Waals surface area contributed by atoms with Crippen LogP contribution in [0.3, 0.4) is 0 Å².